The van der Waals surface area contributed by atoms with Gasteiger partial charge in [0.2, 0.25) is 11.4 Å². The van der Waals surface area contributed by atoms with Gasteiger partial charge in [0.05, 0.1) is 6.54 Å². The number of hydrogen-bond donors (Lipinski definition) is 4. The van der Waals surface area contributed by atoms with Gasteiger partial charge >= 0.3 is 0 Å². The van der Waals surface area contributed by atoms with Crippen LogP contribution in [0, 0.1) is 6.92 Å². The molecular weight excluding hydrogens is 314 g/mol. The summed E-state index contributed by atoms with van der Waals surface area (Å²) >= 11 is 0. The predicted molar refractivity (Wildman–Crippen MR) is 95.5 cm³/mol. The van der Waals surface area contributed by atoms with Gasteiger partial charge in [0.1, 0.15) is 12.6 Å². The topological polar surface area (TPSA) is 88.1 Å². The number of aromatic nitrogens is 1. The molecule has 25 heavy (non-hydrogen) atoms. The van der Waals surface area contributed by atoms with Gasteiger partial charge in [0.15, 0.2) is 5.82 Å². The van der Waals surface area contributed by atoms with Crippen LogP contribution < -0.4 is 16.0 Å². The second-order valence-electron chi connectivity index (χ2n) is 6.47. The molecule has 0 radical (unpaired) electrons. The van der Waals surface area contributed by atoms with Crippen molar-refractivity contribution in [3.05, 3.63) is 70.9 Å². The molecule has 1 fully saturated rings. The summed E-state index contributed by atoms with van der Waals surface area (Å²) in [6, 6.07) is 11.8. The maximum Gasteiger partial charge on any atom is 0.251 e. The lowest BCUT2D eigenvalue weighted by Gasteiger charge is -2.20. The number of H-pyrrole nitrogens is 1. The molecule has 2 aromatic rings. The van der Waals surface area contributed by atoms with Crippen molar-refractivity contribution in [2.24, 2.45) is 5.73 Å². The van der Waals surface area contributed by atoms with Crippen molar-refractivity contribution < 1.29 is 9.79 Å². The Balaban J connectivity index is 1.62. The number of carbonyl (C=O) groups is 1. The van der Waals surface area contributed by atoms with Crippen molar-refractivity contribution in [3.8, 4) is 0 Å². The standard InChI is InChI=1S/C19H21N5O/c1-12-7-8-21-14(12)9-15-19(25)24-11-17(13-5-3-2-4-6-13)22-16(10-20)18(24)23-15/h2-8,15,21,23H,9-11,20H2,1H3/p+1. The molecule has 0 aliphatic carbocycles. The van der Waals surface area contributed by atoms with Crippen molar-refractivity contribution in [1.29, 1.82) is 0 Å². The molecule has 0 bridgehead atoms. The molecule has 1 unspecified atom stereocenters. The number of hydrogen-bond acceptors (Lipinski definition) is 3. The fourth-order valence-electron chi connectivity index (χ4n) is 3.44. The fraction of sp³-hybridized carbons (Fsp3) is 0.263. The van der Waals surface area contributed by atoms with Crippen molar-refractivity contribution in [1.82, 2.24) is 15.2 Å². The van der Waals surface area contributed by atoms with Gasteiger partial charge in [-0.2, -0.15) is 0 Å². The number of aryl methyl sites for hydroxylation is 1. The first-order valence-corrected chi connectivity index (χ1v) is 8.49. The summed E-state index contributed by atoms with van der Waals surface area (Å²) in [5.74, 6) is 0.895. The van der Waals surface area contributed by atoms with Gasteiger partial charge in [-0.15, -0.1) is 0 Å². The van der Waals surface area contributed by atoms with Crippen LogP contribution in [0.1, 0.15) is 16.8 Å². The van der Waals surface area contributed by atoms with Gasteiger partial charge in [-0.05, 0) is 30.7 Å². The van der Waals surface area contributed by atoms with E-state index in [0.29, 0.717) is 19.5 Å². The molecule has 1 saturated heterocycles. The predicted octanol–water partition coefficient (Wildman–Crippen LogP) is -0.623. The lowest BCUT2D eigenvalue weighted by Crippen LogP contribution is -2.77. The second kappa shape index (κ2) is 6.22. The highest BCUT2D eigenvalue weighted by Gasteiger charge is 2.42. The van der Waals surface area contributed by atoms with E-state index in [1.807, 2.05) is 54.4 Å². The quantitative estimate of drug-likeness (QED) is 0.600. The first-order chi connectivity index (χ1) is 12.2. The van der Waals surface area contributed by atoms with E-state index in [1.54, 1.807) is 0 Å². The molecule has 6 heteroatoms. The van der Waals surface area contributed by atoms with Crippen LogP contribution in [0.5, 0.6) is 0 Å². The van der Waals surface area contributed by atoms with E-state index < -0.39 is 0 Å². The Morgan fingerprint density at radius 2 is 2.08 bits per heavy atom. The van der Waals surface area contributed by atoms with Gasteiger partial charge in [0.25, 0.3) is 5.91 Å². The zero-order valence-electron chi connectivity index (χ0n) is 14.2. The summed E-state index contributed by atoms with van der Waals surface area (Å²) in [7, 11) is 0. The zero-order chi connectivity index (χ0) is 17.4. The number of fused-ring (bicyclic) bond motifs is 1. The first-order valence-electron chi connectivity index (χ1n) is 8.49. The van der Waals surface area contributed by atoms with Crippen LogP contribution in [-0.4, -0.2) is 40.6 Å². The van der Waals surface area contributed by atoms with E-state index in [4.69, 9.17) is 5.73 Å². The van der Waals surface area contributed by atoms with Gasteiger partial charge in [0, 0.05) is 23.9 Å². The molecular formula is C19H22N5O+. The van der Waals surface area contributed by atoms with Crippen LogP contribution in [0.3, 0.4) is 0 Å². The maximum absolute atomic E-state index is 12.9. The zero-order valence-corrected chi connectivity index (χ0v) is 14.2. The van der Waals surface area contributed by atoms with Crippen molar-refractivity contribution >= 4 is 11.6 Å². The summed E-state index contributed by atoms with van der Waals surface area (Å²) in [5.41, 5.74) is 11.1. The number of aromatic amines is 1. The molecule has 6 nitrogen and oxygen atoms in total. The Kier molecular flexibility index (Phi) is 3.89. The average molecular weight is 336 g/mol. The lowest BCUT2D eigenvalue weighted by molar-refractivity contribution is -0.404. The van der Waals surface area contributed by atoms with E-state index in [2.05, 4.69) is 15.3 Å². The van der Waals surface area contributed by atoms with Crippen LogP contribution in [0.25, 0.3) is 0 Å². The largest absolute Gasteiger partial charge is 0.365 e. The molecule has 1 atom stereocenters. The van der Waals surface area contributed by atoms with E-state index in [0.717, 1.165) is 28.5 Å². The summed E-state index contributed by atoms with van der Waals surface area (Å²) < 4.78 is 0. The highest BCUT2D eigenvalue weighted by atomic mass is 16.2. The lowest BCUT2D eigenvalue weighted by atomic mass is 10.1. The van der Waals surface area contributed by atoms with Crippen LogP contribution in [-0.2, 0) is 11.2 Å². The average Bonchev–Trinajstić information content (AvgIpc) is 3.19. The summed E-state index contributed by atoms with van der Waals surface area (Å²) in [4.78, 5) is 21.4. The minimum Gasteiger partial charge on any atom is -0.365 e. The number of nitrogens with two attached hydrogens (primary N) is 1. The number of nitrogens with zero attached hydrogens (tertiary/aromatic N) is 1. The van der Waals surface area contributed by atoms with Crippen LogP contribution >= 0.6 is 0 Å². The molecule has 3 heterocycles. The van der Waals surface area contributed by atoms with Gasteiger partial charge in [-0.3, -0.25) is 9.69 Å². The second-order valence-corrected chi connectivity index (χ2v) is 6.47. The first kappa shape index (κ1) is 15.7. The van der Waals surface area contributed by atoms with Crippen LogP contribution in [0.15, 0.2) is 54.1 Å². The Hall–Kier alpha value is -2.86. The maximum atomic E-state index is 12.9. The minimum atomic E-state index is -0.272. The molecule has 2 aliphatic rings. The Bertz CT molecular complexity index is 865. The van der Waals surface area contributed by atoms with Gasteiger partial charge in [-0.25, -0.2) is 4.99 Å². The molecule has 4 rings (SSSR count). The van der Waals surface area contributed by atoms with E-state index in [-0.39, 0.29) is 11.9 Å². The smallest absolute Gasteiger partial charge is 0.251 e. The number of carbonyl (C=O) groups excluding carboxylic acids is 1. The van der Waals surface area contributed by atoms with Crippen molar-refractivity contribution in [2.75, 3.05) is 13.1 Å². The van der Waals surface area contributed by atoms with Crippen molar-refractivity contribution in [3.63, 3.8) is 0 Å². The molecule has 5 N–H and O–H groups in total. The van der Waals surface area contributed by atoms with Gasteiger partial charge < -0.3 is 16.0 Å². The molecule has 1 aromatic carbocycles. The molecule has 1 aromatic heterocycles. The Labute approximate surface area is 146 Å². The number of amides is 1. The highest BCUT2D eigenvalue weighted by molar-refractivity contribution is 6.01. The normalized spacial score (nSPS) is 19.8. The van der Waals surface area contributed by atoms with Crippen LogP contribution in [0.4, 0.5) is 0 Å². The Morgan fingerprint density at radius 1 is 1.28 bits per heavy atom. The van der Waals surface area contributed by atoms with Gasteiger partial charge in [-0.1, -0.05) is 18.2 Å². The Morgan fingerprint density at radius 3 is 2.76 bits per heavy atom. The fourth-order valence-corrected chi connectivity index (χ4v) is 3.44. The number of nitrogens with one attached hydrogen (secondary N) is 3. The summed E-state index contributed by atoms with van der Waals surface area (Å²) in [6.45, 7) is 2.91. The van der Waals surface area contributed by atoms with E-state index in [9.17, 15) is 4.79 Å². The molecule has 2 aliphatic heterocycles. The molecule has 1 amide bonds. The molecule has 0 saturated carbocycles. The van der Waals surface area contributed by atoms with E-state index >= 15 is 0 Å². The van der Waals surface area contributed by atoms with Crippen molar-refractivity contribution in [2.45, 2.75) is 19.4 Å². The SMILES string of the molecule is Cc1cc[nH]c1CC1NC2=C(CN)[NH+]=C(c3ccccc3)CN2C1=O. The molecule has 128 valence electrons. The highest BCUT2D eigenvalue weighted by Crippen LogP contribution is 2.21. The third kappa shape index (κ3) is 2.74. The third-order valence-corrected chi connectivity index (χ3v) is 4.85. The van der Waals surface area contributed by atoms with Crippen LogP contribution in [0.2, 0.25) is 0 Å². The summed E-state index contributed by atoms with van der Waals surface area (Å²) in [5, 5.41) is 3.36. The summed E-state index contributed by atoms with van der Waals surface area (Å²) in [6.07, 6.45) is 2.54. The number of rotatable bonds is 4. The number of benzene rings is 1. The molecule has 0 spiro atoms. The minimum absolute atomic E-state index is 0.0879. The third-order valence-electron chi connectivity index (χ3n) is 4.85. The monoisotopic (exact) mass is 336 g/mol. The van der Waals surface area contributed by atoms with E-state index in [1.165, 1.54) is 5.56 Å².